The van der Waals surface area contributed by atoms with Gasteiger partial charge in [0, 0.05) is 24.3 Å². The van der Waals surface area contributed by atoms with Gasteiger partial charge in [-0.3, -0.25) is 9.59 Å². The molecular formula is C31H39N5O3. The first-order valence-electron chi connectivity index (χ1n) is 14.1. The topological polar surface area (TPSA) is 102 Å². The molecule has 206 valence electrons. The minimum atomic E-state index is -0.250. The van der Waals surface area contributed by atoms with E-state index in [-0.39, 0.29) is 12.4 Å². The number of nitriles is 1. The molecule has 1 unspecified atom stereocenters. The van der Waals surface area contributed by atoms with Crippen molar-refractivity contribution < 1.29 is 14.7 Å². The zero-order chi connectivity index (χ0) is 27.8. The summed E-state index contributed by atoms with van der Waals surface area (Å²) >= 11 is 0. The molecule has 0 aliphatic carbocycles. The van der Waals surface area contributed by atoms with Crippen molar-refractivity contribution in [1.82, 2.24) is 19.2 Å². The SMILES string of the molecule is CC(C)CC1CCCN1C(=O)c1ccc2nc(-c3ccc(C#N)cc3)c(CCCN3CCCC3)n2c1.O=CO. The van der Waals surface area contributed by atoms with Crippen LogP contribution in [0.3, 0.4) is 0 Å². The second kappa shape index (κ2) is 13.4. The first-order chi connectivity index (χ1) is 18.9. The van der Waals surface area contributed by atoms with Gasteiger partial charge in [-0.2, -0.15) is 5.26 Å². The Bertz CT molecular complexity index is 1300. The lowest BCUT2D eigenvalue weighted by molar-refractivity contribution is -0.122. The van der Waals surface area contributed by atoms with Crippen LogP contribution in [0, 0.1) is 17.2 Å². The van der Waals surface area contributed by atoms with E-state index in [2.05, 4.69) is 34.1 Å². The average Bonchev–Trinajstić information content (AvgIpc) is 3.69. The third-order valence-corrected chi connectivity index (χ3v) is 7.72. The number of aromatic nitrogens is 2. The molecule has 1 aromatic carbocycles. The lowest BCUT2D eigenvalue weighted by atomic mass is 10.0. The van der Waals surface area contributed by atoms with Crippen molar-refractivity contribution in [3.63, 3.8) is 0 Å². The first-order valence-corrected chi connectivity index (χ1v) is 14.1. The smallest absolute Gasteiger partial charge is 0.290 e. The molecule has 2 aromatic heterocycles. The molecule has 5 rings (SSSR count). The molecule has 2 saturated heterocycles. The molecule has 1 amide bonds. The lowest BCUT2D eigenvalue weighted by Gasteiger charge is -2.26. The number of fused-ring (bicyclic) bond motifs is 1. The van der Waals surface area contributed by atoms with Crippen molar-refractivity contribution in [1.29, 1.82) is 5.26 Å². The number of carbonyl (C=O) groups is 2. The second-order valence-electron chi connectivity index (χ2n) is 10.9. The Balaban J connectivity index is 0.00000112. The number of hydrogen-bond acceptors (Lipinski definition) is 5. The van der Waals surface area contributed by atoms with E-state index in [1.807, 2.05) is 42.6 Å². The number of carbonyl (C=O) groups excluding carboxylic acids is 1. The minimum Gasteiger partial charge on any atom is -0.483 e. The molecule has 3 aromatic rings. The number of nitrogens with zero attached hydrogens (tertiary/aromatic N) is 5. The Kier molecular flexibility index (Phi) is 9.72. The van der Waals surface area contributed by atoms with Gasteiger partial charge in [0.25, 0.3) is 12.4 Å². The molecule has 0 saturated carbocycles. The molecule has 1 N–H and O–H groups in total. The van der Waals surface area contributed by atoms with Crippen LogP contribution in [-0.2, 0) is 11.2 Å². The van der Waals surface area contributed by atoms with E-state index in [1.165, 1.54) is 25.9 Å². The second-order valence-corrected chi connectivity index (χ2v) is 10.9. The summed E-state index contributed by atoms with van der Waals surface area (Å²) in [5.41, 5.74) is 5.35. The highest BCUT2D eigenvalue weighted by Gasteiger charge is 2.30. The molecule has 0 radical (unpaired) electrons. The summed E-state index contributed by atoms with van der Waals surface area (Å²) in [6.45, 7) is 8.54. The van der Waals surface area contributed by atoms with E-state index in [0.717, 1.165) is 73.4 Å². The standard InChI is InChI=1S/C30H37N5O.CH2O2/c1-22(2)19-26-7-5-18-34(26)30(36)25-13-14-28-32-29(24-11-9-23(20-31)10-12-24)27(35(28)21-25)8-6-17-33-15-3-4-16-33;2-1-3/h9-14,21-22,26H,3-8,15-19H2,1-2H3;1H,(H,2,3). The Labute approximate surface area is 230 Å². The predicted octanol–water partition coefficient (Wildman–Crippen LogP) is 5.25. The first kappa shape index (κ1) is 28.3. The molecule has 2 aliphatic heterocycles. The molecular weight excluding hydrogens is 490 g/mol. The number of imidazole rings is 1. The van der Waals surface area contributed by atoms with Gasteiger partial charge in [0.2, 0.25) is 0 Å². The van der Waals surface area contributed by atoms with Gasteiger partial charge in [-0.05, 0) is 94.8 Å². The van der Waals surface area contributed by atoms with Crippen LogP contribution < -0.4 is 0 Å². The van der Waals surface area contributed by atoms with Crippen LogP contribution in [0.1, 0.15) is 74.0 Å². The van der Waals surface area contributed by atoms with Gasteiger partial charge in [-0.1, -0.05) is 26.0 Å². The third kappa shape index (κ3) is 6.85. The molecule has 0 spiro atoms. The van der Waals surface area contributed by atoms with Gasteiger partial charge in [0.15, 0.2) is 0 Å². The fraction of sp³-hybridized carbons (Fsp3) is 0.484. The largest absolute Gasteiger partial charge is 0.483 e. The van der Waals surface area contributed by atoms with E-state index >= 15 is 0 Å². The fourth-order valence-corrected chi connectivity index (χ4v) is 5.93. The maximum atomic E-state index is 13.6. The molecule has 39 heavy (non-hydrogen) atoms. The van der Waals surface area contributed by atoms with E-state index in [9.17, 15) is 10.1 Å². The van der Waals surface area contributed by atoms with Crippen LogP contribution >= 0.6 is 0 Å². The summed E-state index contributed by atoms with van der Waals surface area (Å²) in [5.74, 6) is 0.716. The van der Waals surface area contributed by atoms with Gasteiger partial charge in [0.05, 0.1) is 28.6 Å². The van der Waals surface area contributed by atoms with Crippen molar-refractivity contribution in [2.45, 2.75) is 64.8 Å². The van der Waals surface area contributed by atoms with Crippen molar-refractivity contribution in [2.75, 3.05) is 26.2 Å². The Morgan fingerprint density at radius 3 is 2.51 bits per heavy atom. The van der Waals surface area contributed by atoms with Crippen molar-refractivity contribution >= 4 is 18.0 Å². The van der Waals surface area contributed by atoms with Gasteiger partial charge in [-0.15, -0.1) is 0 Å². The highest BCUT2D eigenvalue weighted by Crippen LogP contribution is 2.29. The maximum Gasteiger partial charge on any atom is 0.290 e. The number of aryl methyl sites for hydroxylation is 1. The average molecular weight is 530 g/mol. The highest BCUT2D eigenvalue weighted by atomic mass is 16.3. The fourth-order valence-electron chi connectivity index (χ4n) is 5.93. The molecule has 2 aliphatic rings. The molecule has 8 heteroatoms. The summed E-state index contributed by atoms with van der Waals surface area (Å²) in [6, 6.07) is 14.1. The number of rotatable bonds is 8. The van der Waals surface area contributed by atoms with E-state index in [4.69, 9.17) is 14.9 Å². The zero-order valence-corrected chi connectivity index (χ0v) is 23.1. The maximum absolute atomic E-state index is 13.6. The lowest BCUT2D eigenvalue weighted by Crippen LogP contribution is -2.36. The van der Waals surface area contributed by atoms with E-state index in [0.29, 0.717) is 17.5 Å². The van der Waals surface area contributed by atoms with Crippen LogP contribution in [0.4, 0.5) is 0 Å². The quantitative estimate of drug-likeness (QED) is 0.400. The van der Waals surface area contributed by atoms with E-state index in [1.54, 1.807) is 0 Å². The summed E-state index contributed by atoms with van der Waals surface area (Å²) < 4.78 is 2.14. The number of carboxylic acid groups (broad SMARTS) is 1. The van der Waals surface area contributed by atoms with Crippen LogP contribution in [-0.4, -0.2) is 68.9 Å². The molecule has 1 atom stereocenters. The number of pyridine rings is 1. The summed E-state index contributed by atoms with van der Waals surface area (Å²) in [5, 5.41) is 16.1. The van der Waals surface area contributed by atoms with Crippen molar-refractivity contribution in [3.05, 3.63) is 59.4 Å². The molecule has 8 nitrogen and oxygen atoms in total. The Morgan fingerprint density at radius 1 is 1.13 bits per heavy atom. The summed E-state index contributed by atoms with van der Waals surface area (Å²) in [7, 11) is 0. The number of amides is 1. The normalized spacial score (nSPS) is 17.3. The highest BCUT2D eigenvalue weighted by molar-refractivity contribution is 5.94. The summed E-state index contributed by atoms with van der Waals surface area (Å²) in [4.78, 5) is 31.6. The molecule has 4 heterocycles. The van der Waals surface area contributed by atoms with Crippen LogP contribution in [0.15, 0.2) is 42.6 Å². The van der Waals surface area contributed by atoms with Gasteiger partial charge in [-0.25, -0.2) is 4.98 Å². The summed E-state index contributed by atoms with van der Waals surface area (Å²) in [6.07, 6.45) is 9.79. The van der Waals surface area contributed by atoms with Gasteiger partial charge in [0.1, 0.15) is 5.65 Å². The monoisotopic (exact) mass is 529 g/mol. The Morgan fingerprint density at radius 2 is 1.85 bits per heavy atom. The van der Waals surface area contributed by atoms with Crippen molar-refractivity contribution in [3.8, 4) is 17.3 Å². The van der Waals surface area contributed by atoms with E-state index < -0.39 is 0 Å². The molecule has 2 fully saturated rings. The van der Waals surface area contributed by atoms with Crippen LogP contribution in [0.5, 0.6) is 0 Å². The minimum absolute atomic E-state index is 0.136. The van der Waals surface area contributed by atoms with Gasteiger partial charge >= 0.3 is 0 Å². The van der Waals surface area contributed by atoms with Gasteiger partial charge < -0.3 is 19.3 Å². The number of hydrogen-bond donors (Lipinski definition) is 1. The number of benzene rings is 1. The molecule has 0 bridgehead atoms. The van der Waals surface area contributed by atoms with Crippen molar-refractivity contribution in [2.24, 2.45) is 5.92 Å². The third-order valence-electron chi connectivity index (χ3n) is 7.72. The van der Waals surface area contributed by atoms with Crippen LogP contribution in [0.25, 0.3) is 16.9 Å². The predicted molar refractivity (Wildman–Crippen MR) is 152 cm³/mol. The van der Waals surface area contributed by atoms with Crippen LogP contribution in [0.2, 0.25) is 0 Å². The Hall–Kier alpha value is -3.70. The zero-order valence-electron chi connectivity index (χ0n) is 23.1. The number of likely N-dealkylation sites (tertiary alicyclic amines) is 2.